The van der Waals surface area contributed by atoms with Gasteiger partial charge in [0.05, 0.1) is 6.61 Å². The molecular formula is C11H11FO3S. The Kier molecular flexibility index (Phi) is 4.49. The Bertz CT molecular complexity index is 418. The van der Waals surface area contributed by atoms with E-state index in [4.69, 9.17) is 0 Å². The SMILES string of the molecule is CCOC(=O)C(=O)Sc1cc(F)ccc1C. The molecule has 0 bridgehead atoms. The van der Waals surface area contributed by atoms with Crippen molar-refractivity contribution in [3.63, 3.8) is 0 Å². The molecule has 0 heterocycles. The number of thioether (sulfide) groups is 1. The zero-order valence-corrected chi connectivity index (χ0v) is 9.77. The van der Waals surface area contributed by atoms with E-state index in [0.29, 0.717) is 16.7 Å². The van der Waals surface area contributed by atoms with Crippen LogP contribution in [0.15, 0.2) is 23.1 Å². The molecule has 1 aromatic carbocycles. The van der Waals surface area contributed by atoms with Crippen LogP contribution >= 0.6 is 11.8 Å². The van der Waals surface area contributed by atoms with Crippen LogP contribution in [0.2, 0.25) is 0 Å². The molecule has 0 aromatic heterocycles. The van der Waals surface area contributed by atoms with Crippen LogP contribution in [0, 0.1) is 12.7 Å². The molecule has 0 saturated heterocycles. The molecular weight excluding hydrogens is 231 g/mol. The predicted molar refractivity (Wildman–Crippen MR) is 58.6 cm³/mol. The van der Waals surface area contributed by atoms with Gasteiger partial charge in [0, 0.05) is 4.90 Å². The molecule has 0 N–H and O–H groups in total. The van der Waals surface area contributed by atoms with Crippen LogP contribution in [0.5, 0.6) is 0 Å². The summed E-state index contributed by atoms with van der Waals surface area (Å²) in [7, 11) is 0. The highest BCUT2D eigenvalue weighted by atomic mass is 32.2. The summed E-state index contributed by atoms with van der Waals surface area (Å²) in [5.74, 6) is -1.35. The van der Waals surface area contributed by atoms with E-state index < -0.39 is 16.9 Å². The Balaban J connectivity index is 2.76. The summed E-state index contributed by atoms with van der Waals surface area (Å²) in [4.78, 5) is 22.8. The van der Waals surface area contributed by atoms with Crippen molar-refractivity contribution in [2.24, 2.45) is 0 Å². The lowest BCUT2D eigenvalue weighted by molar-refractivity contribution is -0.149. The lowest BCUT2D eigenvalue weighted by atomic mass is 10.2. The molecule has 5 heteroatoms. The zero-order chi connectivity index (χ0) is 12.1. The average Bonchev–Trinajstić information content (AvgIpc) is 2.23. The number of aryl methyl sites for hydroxylation is 1. The second-order valence-electron chi connectivity index (χ2n) is 3.02. The Labute approximate surface area is 97.0 Å². The molecule has 0 amide bonds. The van der Waals surface area contributed by atoms with Gasteiger partial charge in [0.2, 0.25) is 0 Å². The number of halogens is 1. The Morgan fingerprint density at radius 2 is 2.12 bits per heavy atom. The molecule has 0 spiro atoms. The highest BCUT2D eigenvalue weighted by molar-refractivity contribution is 8.15. The molecule has 1 rings (SSSR count). The fourth-order valence-electron chi connectivity index (χ4n) is 1.02. The van der Waals surface area contributed by atoms with Gasteiger partial charge < -0.3 is 4.74 Å². The summed E-state index contributed by atoms with van der Waals surface area (Å²) in [5.41, 5.74) is 0.740. The average molecular weight is 242 g/mol. The van der Waals surface area contributed by atoms with E-state index in [1.54, 1.807) is 19.9 Å². The van der Waals surface area contributed by atoms with E-state index in [1.807, 2.05) is 0 Å². The van der Waals surface area contributed by atoms with Crippen molar-refractivity contribution >= 4 is 22.8 Å². The number of hydrogen-bond donors (Lipinski definition) is 0. The van der Waals surface area contributed by atoms with E-state index in [0.717, 1.165) is 5.56 Å². The van der Waals surface area contributed by atoms with Crippen molar-refractivity contribution in [1.82, 2.24) is 0 Å². The minimum atomic E-state index is -0.906. The zero-order valence-electron chi connectivity index (χ0n) is 8.95. The summed E-state index contributed by atoms with van der Waals surface area (Å²) in [6.07, 6.45) is 0. The van der Waals surface area contributed by atoms with Gasteiger partial charge in [-0.1, -0.05) is 6.07 Å². The van der Waals surface area contributed by atoms with Crippen molar-refractivity contribution in [3.8, 4) is 0 Å². The molecule has 0 atom stereocenters. The first kappa shape index (κ1) is 12.7. The van der Waals surface area contributed by atoms with Gasteiger partial charge >= 0.3 is 11.1 Å². The Morgan fingerprint density at radius 3 is 2.75 bits per heavy atom. The van der Waals surface area contributed by atoms with Gasteiger partial charge in [0.25, 0.3) is 0 Å². The summed E-state index contributed by atoms with van der Waals surface area (Å²) >= 11 is 0.679. The van der Waals surface area contributed by atoms with Crippen LogP contribution in [-0.2, 0) is 14.3 Å². The fourth-order valence-corrected chi connectivity index (χ4v) is 1.76. The lowest BCUT2D eigenvalue weighted by Gasteiger charge is -2.04. The second-order valence-corrected chi connectivity index (χ2v) is 4.03. The number of hydrogen-bond acceptors (Lipinski definition) is 4. The molecule has 0 fully saturated rings. The first-order chi connectivity index (χ1) is 7.54. The van der Waals surface area contributed by atoms with Gasteiger partial charge in [-0.2, -0.15) is 0 Å². The third kappa shape index (κ3) is 3.34. The van der Waals surface area contributed by atoms with Crippen LogP contribution in [-0.4, -0.2) is 17.7 Å². The quantitative estimate of drug-likeness (QED) is 0.453. The van der Waals surface area contributed by atoms with E-state index in [2.05, 4.69) is 4.74 Å². The van der Waals surface area contributed by atoms with Crippen molar-refractivity contribution in [3.05, 3.63) is 29.6 Å². The van der Waals surface area contributed by atoms with Crippen LogP contribution in [0.3, 0.4) is 0 Å². The summed E-state index contributed by atoms with van der Waals surface area (Å²) in [5, 5.41) is -0.740. The summed E-state index contributed by atoms with van der Waals surface area (Å²) in [6.45, 7) is 3.50. The number of carbonyl (C=O) groups is 2. The van der Waals surface area contributed by atoms with Crippen molar-refractivity contribution in [2.75, 3.05) is 6.61 Å². The fraction of sp³-hybridized carbons (Fsp3) is 0.273. The van der Waals surface area contributed by atoms with Crippen LogP contribution < -0.4 is 0 Å². The molecule has 0 radical (unpaired) electrons. The minimum absolute atomic E-state index is 0.146. The van der Waals surface area contributed by atoms with Gasteiger partial charge in [-0.3, -0.25) is 4.79 Å². The molecule has 1 aromatic rings. The number of benzene rings is 1. The van der Waals surface area contributed by atoms with Crippen LogP contribution in [0.1, 0.15) is 12.5 Å². The first-order valence-corrected chi connectivity index (χ1v) is 5.51. The standard InChI is InChI=1S/C11H11FO3S/c1-3-15-10(13)11(14)16-9-6-8(12)5-4-7(9)2/h4-6H,3H2,1-2H3. The molecule has 0 unspecified atom stereocenters. The first-order valence-electron chi connectivity index (χ1n) is 4.69. The van der Waals surface area contributed by atoms with Gasteiger partial charge in [0.1, 0.15) is 5.82 Å². The monoisotopic (exact) mass is 242 g/mol. The summed E-state index contributed by atoms with van der Waals surface area (Å²) < 4.78 is 17.4. The van der Waals surface area contributed by atoms with Crippen LogP contribution in [0.25, 0.3) is 0 Å². The van der Waals surface area contributed by atoms with Gasteiger partial charge in [-0.05, 0) is 43.3 Å². The second kappa shape index (κ2) is 5.65. The predicted octanol–water partition coefficient (Wildman–Crippen LogP) is 2.32. The topological polar surface area (TPSA) is 43.4 Å². The number of esters is 1. The Morgan fingerprint density at radius 1 is 1.44 bits per heavy atom. The smallest absolute Gasteiger partial charge is 0.386 e. The number of carbonyl (C=O) groups excluding carboxylic acids is 2. The molecule has 0 aliphatic rings. The van der Waals surface area contributed by atoms with E-state index >= 15 is 0 Å². The maximum Gasteiger partial charge on any atom is 0.386 e. The molecule has 0 saturated carbocycles. The Hall–Kier alpha value is -1.36. The highest BCUT2D eigenvalue weighted by Gasteiger charge is 2.17. The molecule has 0 aliphatic heterocycles. The molecule has 16 heavy (non-hydrogen) atoms. The molecule has 86 valence electrons. The van der Waals surface area contributed by atoms with Crippen molar-refractivity contribution in [2.45, 2.75) is 18.7 Å². The highest BCUT2D eigenvalue weighted by Crippen LogP contribution is 2.24. The third-order valence-corrected chi connectivity index (χ3v) is 2.81. The summed E-state index contributed by atoms with van der Waals surface area (Å²) in [6, 6.07) is 4.07. The van der Waals surface area contributed by atoms with E-state index in [1.165, 1.54) is 12.1 Å². The van der Waals surface area contributed by atoms with E-state index in [-0.39, 0.29) is 6.61 Å². The largest absolute Gasteiger partial charge is 0.460 e. The maximum absolute atomic E-state index is 12.9. The van der Waals surface area contributed by atoms with Crippen molar-refractivity contribution < 1.29 is 18.7 Å². The van der Waals surface area contributed by atoms with Gasteiger partial charge in [-0.15, -0.1) is 0 Å². The van der Waals surface area contributed by atoms with E-state index in [9.17, 15) is 14.0 Å². The normalized spacial score (nSPS) is 9.94. The lowest BCUT2D eigenvalue weighted by Crippen LogP contribution is -2.13. The van der Waals surface area contributed by atoms with Crippen molar-refractivity contribution in [1.29, 1.82) is 0 Å². The van der Waals surface area contributed by atoms with Crippen LogP contribution in [0.4, 0.5) is 4.39 Å². The maximum atomic E-state index is 12.9. The van der Waals surface area contributed by atoms with Gasteiger partial charge in [0.15, 0.2) is 0 Å². The minimum Gasteiger partial charge on any atom is -0.460 e. The molecule has 3 nitrogen and oxygen atoms in total. The number of rotatable bonds is 2. The van der Waals surface area contributed by atoms with Gasteiger partial charge in [-0.25, -0.2) is 9.18 Å². The number of ether oxygens (including phenoxy) is 1. The third-order valence-electron chi connectivity index (χ3n) is 1.79. The molecule has 0 aliphatic carbocycles.